The van der Waals surface area contributed by atoms with E-state index >= 15 is 0 Å². The fourth-order valence-corrected chi connectivity index (χ4v) is 4.41. The second-order valence-corrected chi connectivity index (χ2v) is 8.52. The van der Waals surface area contributed by atoms with Gasteiger partial charge in [-0.3, -0.25) is 9.58 Å². The number of hydrogen-bond donors (Lipinski definition) is 0. The van der Waals surface area contributed by atoms with E-state index in [1.54, 1.807) is 12.1 Å². The van der Waals surface area contributed by atoms with Crippen LogP contribution in [0.2, 0.25) is 0 Å². The Balaban J connectivity index is 1.63. The van der Waals surface area contributed by atoms with E-state index in [4.69, 9.17) is 4.98 Å². The molecule has 4 rings (SSSR count). The second-order valence-electron chi connectivity index (χ2n) is 8.52. The molecule has 1 fully saturated rings. The summed E-state index contributed by atoms with van der Waals surface area (Å²) in [6.07, 6.45) is 6.02. The number of nitrogens with zero attached hydrogens (tertiary/aromatic N) is 6. The van der Waals surface area contributed by atoms with E-state index in [2.05, 4.69) is 28.8 Å². The van der Waals surface area contributed by atoms with Crippen molar-refractivity contribution in [3.05, 3.63) is 59.4 Å². The van der Waals surface area contributed by atoms with Crippen LogP contribution in [-0.4, -0.2) is 51.8 Å². The highest BCUT2D eigenvalue weighted by Crippen LogP contribution is 2.34. The first-order valence-electron chi connectivity index (χ1n) is 11.0. The van der Waals surface area contributed by atoms with Crippen molar-refractivity contribution in [2.24, 2.45) is 0 Å². The zero-order valence-electron chi connectivity index (χ0n) is 18.8. The van der Waals surface area contributed by atoms with Crippen LogP contribution in [0.4, 0.5) is 10.3 Å². The number of piperidine rings is 1. The molecule has 164 valence electrons. The summed E-state index contributed by atoms with van der Waals surface area (Å²) in [6.45, 7) is 8.02. The summed E-state index contributed by atoms with van der Waals surface area (Å²) in [6, 6.07) is 6.72. The lowest BCUT2D eigenvalue weighted by Crippen LogP contribution is -2.34. The van der Waals surface area contributed by atoms with Crippen LogP contribution in [0, 0.1) is 12.7 Å². The lowest BCUT2D eigenvalue weighted by atomic mass is 9.89. The molecule has 0 bridgehead atoms. The van der Waals surface area contributed by atoms with E-state index in [9.17, 15) is 4.39 Å². The molecule has 3 aromatic rings. The lowest BCUT2D eigenvalue weighted by molar-refractivity contribution is 0.198. The number of halogens is 1. The third-order valence-corrected chi connectivity index (χ3v) is 6.13. The molecule has 0 unspecified atom stereocenters. The maximum absolute atomic E-state index is 13.9. The maximum Gasteiger partial charge on any atom is 0.225 e. The summed E-state index contributed by atoms with van der Waals surface area (Å²) in [5.74, 6) is 0.719. The molecule has 31 heavy (non-hydrogen) atoms. The standard InChI is InChI=1S/C24H31FN6/c1-5-31-17(2)20(13-27-31)16-30-11-7-9-19(15-30)23-22(14-26-24(28-23)29(3)4)18-8-6-10-21(25)12-18/h6,8,10,12-14,19H,5,7,9,11,15-16H2,1-4H3/t19-/m1/s1. The monoisotopic (exact) mass is 422 g/mol. The fourth-order valence-electron chi connectivity index (χ4n) is 4.41. The number of benzene rings is 1. The molecular formula is C24H31FN6. The van der Waals surface area contributed by atoms with Crippen LogP contribution in [0.1, 0.15) is 42.6 Å². The summed E-state index contributed by atoms with van der Waals surface area (Å²) in [4.78, 5) is 13.9. The Labute approximate surface area is 183 Å². The Morgan fingerprint density at radius 2 is 2.06 bits per heavy atom. The van der Waals surface area contributed by atoms with Gasteiger partial charge in [0.25, 0.3) is 0 Å². The molecule has 0 aliphatic carbocycles. The van der Waals surface area contributed by atoms with Crippen molar-refractivity contribution in [3.8, 4) is 11.1 Å². The van der Waals surface area contributed by atoms with E-state index in [0.29, 0.717) is 5.95 Å². The smallest absolute Gasteiger partial charge is 0.225 e. The topological polar surface area (TPSA) is 50.1 Å². The van der Waals surface area contributed by atoms with Crippen LogP contribution in [0.5, 0.6) is 0 Å². The van der Waals surface area contributed by atoms with Gasteiger partial charge in [-0.05, 0) is 50.9 Å². The zero-order valence-corrected chi connectivity index (χ0v) is 18.8. The summed E-state index contributed by atoms with van der Waals surface area (Å²) in [7, 11) is 3.89. The van der Waals surface area contributed by atoms with Gasteiger partial charge in [0, 0.05) is 62.7 Å². The molecule has 1 atom stereocenters. The Morgan fingerprint density at radius 3 is 2.77 bits per heavy atom. The molecule has 0 spiro atoms. The number of rotatable bonds is 6. The average Bonchev–Trinajstić information content (AvgIpc) is 3.12. The number of aryl methyl sites for hydroxylation is 1. The van der Waals surface area contributed by atoms with E-state index in [1.807, 2.05) is 42.1 Å². The molecule has 6 nitrogen and oxygen atoms in total. The lowest BCUT2D eigenvalue weighted by Gasteiger charge is -2.33. The van der Waals surface area contributed by atoms with E-state index in [0.717, 1.165) is 55.8 Å². The molecule has 1 saturated heterocycles. The van der Waals surface area contributed by atoms with Crippen molar-refractivity contribution in [2.75, 3.05) is 32.1 Å². The van der Waals surface area contributed by atoms with E-state index in [-0.39, 0.29) is 11.7 Å². The van der Waals surface area contributed by atoms with Gasteiger partial charge in [0.15, 0.2) is 0 Å². The van der Waals surface area contributed by atoms with Crippen molar-refractivity contribution in [1.82, 2.24) is 24.6 Å². The molecule has 2 aromatic heterocycles. The van der Waals surface area contributed by atoms with Gasteiger partial charge in [0.05, 0.1) is 11.9 Å². The first-order chi connectivity index (χ1) is 15.0. The predicted molar refractivity (Wildman–Crippen MR) is 122 cm³/mol. The van der Waals surface area contributed by atoms with Gasteiger partial charge in [0.2, 0.25) is 5.95 Å². The third-order valence-electron chi connectivity index (χ3n) is 6.13. The summed E-state index contributed by atoms with van der Waals surface area (Å²) in [5.41, 5.74) is 5.28. The largest absolute Gasteiger partial charge is 0.347 e. The van der Waals surface area contributed by atoms with E-state index < -0.39 is 0 Å². The fraction of sp³-hybridized carbons (Fsp3) is 0.458. The maximum atomic E-state index is 13.9. The molecule has 0 N–H and O–H groups in total. The van der Waals surface area contributed by atoms with Gasteiger partial charge in [-0.2, -0.15) is 5.10 Å². The van der Waals surface area contributed by atoms with Crippen molar-refractivity contribution in [2.45, 2.75) is 45.7 Å². The first-order valence-corrected chi connectivity index (χ1v) is 11.0. The molecule has 0 radical (unpaired) electrons. The number of hydrogen-bond acceptors (Lipinski definition) is 5. The van der Waals surface area contributed by atoms with Crippen LogP contribution in [0.15, 0.2) is 36.7 Å². The van der Waals surface area contributed by atoms with Crippen LogP contribution < -0.4 is 4.90 Å². The van der Waals surface area contributed by atoms with E-state index in [1.165, 1.54) is 17.3 Å². The van der Waals surface area contributed by atoms with Crippen LogP contribution in [0.3, 0.4) is 0 Å². The van der Waals surface area contributed by atoms with Crippen LogP contribution >= 0.6 is 0 Å². The molecule has 3 heterocycles. The Kier molecular flexibility index (Phi) is 6.32. The van der Waals surface area contributed by atoms with Gasteiger partial charge in [-0.1, -0.05) is 12.1 Å². The van der Waals surface area contributed by atoms with Gasteiger partial charge in [-0.15, -0.1) is 0 Å². The predicted octanol–water partition coefficient (Wildman–Crippen LogP) is 4.25. The number of anilines is 1. The van der Waals surface area contributed by atoms with Gasteiger partial charge >= 0.3 is 0 Å². The average molecular weight is 423 g/mol. The quantitative estimate of drug-likeness (QED) is 0.594. The number of aromatic nitrogens is 4. The molecule has 0 saturated carbocycles. The first kappa shape index (κ1) is 21.4. The highest BCUT2D eigenvalue weighted by Gasteiger charge is 2.27. The second kappa shape index (κ2) is 9.14. The minimum Gasteiger partial charge on any atom is -0.347 e. The SMILES string of the molecule is CCn1ncc(CN2CCC[C@@H](c3nc(N(C)C)ncc3-c3cccc(F)c3)C2)c1C. The van der Waals surface area contributed by atoms with Gasteiger partial charge in [-0.25, -0.2) is 14.4 Å². The summed E-state index contributed by atoms with van der Waals surface area (Å²) >= 11 is 0. The highest BCUT2D eigenvalue weighted by molar-refractivity contribution is 5.66. The van der Waals surface area contributed by atoms with Gasteiger partial charge in [0.1, 0.15) is 5.82 Å². The minimum absolute atomic E-state index is 0.242. The summed E-state index contributed by atoms with van der Waals surface area (Å²) < 4.78 is 16.0. The van der Waals surface area contributed by atoms with Crippen molar-refractivity contribution in [3.63, 3.8) is 0 Å². The number of likely N-dealkylation sites (tertiary alicyclic amines) is 1. The Morgan fingerprint density at radius 1 is 1.23 bits per heavy atom. The van der Waals surface area contributed by atoms with Crippen LogP contribution in [0.25, 0.3) is 11.1 Å². The Hall–Kier alpha value is -2.80. The molecule has 0 amide bonds. The minimum atomic E-state index is -0.242. The molecular weight excluding hydrogens is 391 g/mol. The van der Waals surface area contributed by atoms with Crippen molar-refractivity contribution in [1.29, 1.82) is 0 Å². The normalized spacial score (nSPS) is 17.1. The van der Waals surface area contributed by atoms with Crippen LogP contribution in [-0.2, 0) is 13.1 Å². The molecule has 1 aliphatic rings. The highest BCUT2D eigenvalue weighted by atomic mass is 19.1. The molecule has 1 aromatic carbocycles. The van der Waals surface area contributed by atoms with Gasteiger partial charge < -0.3 is 4.90 Å². The molecule has 7 heteroatoms. The summed E-state index contributed by atoms with van der Waals surface area (Å²) in [5, 5.41) is 4.50. The Bertz CT molecular complexity index is 1040. The molecule has 1 aliphatic heterocycles. The van der Waals surface area contributed by atoms with Crippen molar-refractivity contribution < 1.29 is 4.39 Å². The zero-order chi connectivity index (χ0) is 22.0. The third kappa shape index (κ3) is 4.61. The van der Waals surface area contributed by atoms with Crippen molar-refractivity contribution >= 4 is 5.95 Å².